The standard InChI is InChI=1S/C29H29ClFN7O4/c1-38(28(40)36-15-21-7-4-8-24(31)27(21)30)23(9-10-26(39)35-17-22-16-32-11-12-33-22)18-42-29(41)37-25-13-19-5-2-3-6-20(19)14-34-25/h2-8,11-14,16,23H,9-10,15,17-18H2,1H3,(H,35,39)(H,36,40)(H,34,37,41). The number of hydrogen-bond acceptors (Lipinski definition) is 7. The molecule has 4 aromatic rings. The number of pyridine rings is 1. The van der Waals surface area contributed by atoms with Crippen molar-refractivity contribution in [2.45, 2.75) is 32.0 Å². The zero-order valence-corrected chi connectivity index (χ0v) is 23.5. The number of carbonyl (C=O) groups is 3. The maximum absolute atomic E-state index is 13.8. The van der Waals surface area contributed by atoms with Crippen LogP contribution in [0.2, 0.25) is 5.02 Å². The summed E-state index contributed by atoms with van der Waals surface area (Å²) in [5, 5.41) is 9.74. The number of benzene rings is 2. The van der Waals surface area contributed by atoms with Crippen molar-refractivity contribution in [3.8, 4) is 0 Å². The van der Waals surface area contributed by atoms with Gasteiger partial charge in [0.1, 0.15) is 18.2 Å². The predicted molar refractivity (Wildman–Crippen MR) is 155 cm³/mol. The van der Waals surface area contributed by atoms with Gasteiger partial charge in [0.25, 0.3) is 0 Å². The molecule has 1 unspecified atom stereocenters. The fourth-order valence-electron chi connectivity index (χ4n) is 4.00. The number of aromatic nitrogens is 3. The Morgan fingerprint density at radius 2 is 1.81 bits per heavy atom. The summed E-state index contributed by atoms with van der Waals surface area (Å²) in [5.41, 5.74) is 0.995. The number of urea groups is 1. The van der Waals surface area contributed by atoms with Crippen LogP contribution >= 0.6 is 11.6 Å². The van der Waals surface area contributed by atoms with Crippen LogP contribution in [0, 0.1) is 5.82 Å². The van der Waals surface area contributed by atoms with E-state index in [-0.39, 0.29) is 43.5 Å². The number of rotatable bonds is 11. The Morgan fingerprint density at radius 3 is 2.60 bits per heavy atom. The third kappa shape index (κ3) is 8.58. The number of amides is 4. The van der Waals surface area contributed by atoms with Crippen molar-refractivity contribution in [1.29, 1.82) is 0 Å². The van der Waals surface area contributed by atoms with Crippen LogP contribution in [0.5, 0.6) is 0 Å². The lowest BCUT2D eigenvalue weighted by molar-refractivity contribution is -0.121. The average Bonchev–Trinajstić information content (AvgIpc) is 3.00. The zero-order chi connectivity index (χ0) is 29.9. The van der Waals surface area contributed by atoms with Crippen LogP contribution in [0.1, 0.15) is 24.1 Å². The molecule has 2 heterocycles. The van der Waals surface area contributed by atoms with Gasteiger partial charge in [0.2, 0.25) is 5.91 Å². The number of hydrogen-bond donors (Lipinski definition) is 3. The lowest BCUT2D eigenvalue weighted by Gasteiger charge is -2.28. The van der Waals surface area contributed by atoms with Gasteiger partial charge in [-0.15, -0.1) is 0 Å². The maximum atomic E-state index is 13.8. The Balaban J connectivity index is 1.36. The summed E-state index contributed by atoms with van der Waals surface area (Å²) in [7, 11) is 1.51. The van der Waals surface area contributed by atoms with E-state index in [1.807, 2.05) is 24.3 Å². The molecule has 2 aromatic carbocycles. The number of ether oxygens (including phenoxy) is 1. The first kappa shape index (κ1) is 30.1. The Labute approximate surface area is 246 Å². The molecule has 218 valence electrons. The normalized spacial score (nSPS) is 11.4. The second-order valence-electron chi connectivity index (χ2n) is 9.29. The van der Waals surface area contributed by atoms with Crippen LogP contribution in [-0.2, 0) is 22.6 Å². The third-order valence-corrected chi connectivity index (χ3v) is 6.81. The lowest BCUT2D eigenvalue weighted by Crippen LogP contribution is -2.46. The van der Waals surface area contributed by atoms with E-state index < -0.39 is 24.0 Å². The number of likely N-dealkylation sites (N-methyl/N-ethyl adjacent to an activating group) is 1. The van der Waals surface area contributed by atoms with E-state index in [2.05, 4.69) is 30.9 Å². The first-order chi connectivity index (χ1) is 20.3. The van der Waals surface area contributed by atoms with Crippen molar-refractivity contribution >= 4 is 46.2 Å². The first-order valence-electron chi connectivity index (χ1n) is 13.0. The zero-order valence-electron chi connectivity index (χ0n) is 22.7. The summed E-state index contributed by atoms with van der Waals surface area (Å²) in [6.07, 6.45) is 5.69. The average molecular weight is 594 g/mol. The molecule has 0 aliphatic heterocycles. The minimum atomic E-state index is -0.768. The molecule has 42 heavy (non-hydrogen) atoms. The van der Waals surface area contributed by atoms with Crippen molar-refractivity contribution in [3.63, 3.8) is 0 Å². The summed E-state index contributed by atoms with van der Waals surface area (Å²) < 4.78 is 19.2. The molecule has 2 aromatic heterocycles. The van der Waals surface area contributed by atoms with Crippen LogP contribution in [0.4, 0.5) is 19.8 Å². The number of nitrogens with one attached hydrogen (secondary N) is 3. The third-order valence-electron chi connectivity index (χ3n) is 6.39. The van der Waals surface area contributed by atoms with Crippen LogP contribution in [0.15, 0.2) is 73.3 Å². The molecule has 4 rings (SSSR count). The fourth-order valence-corrected chi connectivity index (χ4v) is 4.19. The molecule has 3 N–H and O–H groups in total. The second kappa shape index (κ2) is 14.7. The Bertz CT molecular complexity index is 1540. The highest BCUT2D eigenvalue weighted by molar-refractivity contribution is 6.31. The molecule has 0 fully saturated rings. The fraction of sp³-hybridized carbons (Fsp3) is 0.241. The molecular weight excluding hydrogens is 565 g/mol. The molecule has 0 aliphatic carbocycles. The van der Waals surface area contributed by atoms with E-state index in [1.165, 1.54) is 36.5 Å². The van der Waals surface area contributed by atoms with Gasteiger partial charge in [-0.2, -0.15) is 0 Å². The van der Waals surface area contributed by atoms with Gasteiger partial charge < -0.3 is 20.3 Å². The molecule has 0 saturated heterocycles. The molecule has 11 nitrogen and oxygen atoms in total. The van der Waals surface area contributed by atoms with E-state index in [1.54, 1.807) is 24.5 Å². The van der Waals surface area contributed by atoms with Gasteiger partial charge in [0.05, 0.1) is 29.5 Å². The van der Waals surface area contributed by atoms with E-state index >= 15 is 0 Å². The highest BCUT2D eigenvalue weighted by atomic mass is 35.5. The van der Waals surface area contributed by atoms with Gasteiger partial charge in [-0.3, -0.25) is 20.1 Å². The van der Waals surface area contributed by atoms with Gasteiger partial charge in [-0.05, 0) is 29.5 Å². The Hall–Kier alpha value is -4.84. The summed E-state index contributed by atoms with van der Waals surface area (Å²) in [5.74, 6) is -0.574. The highest BCUT2D eigenvalue weighted by Gasteiger charge is 2.23. The molecule has 13 heteroatoms. The monoisotopic (exact) mass is 593 g/mol. The molecule has 0 bridgehead atoms. The van der Waals surface area contributed by atoms with Crippen molar-refractivity contribution in [2.24, 2.45) is 0 Å². The lowest BCUT2D eigenvalue weighted by atomic mass is 10.1. The van der Waals surface area contributed by atoms with Gasteiger partial charge in [-0.1, -0.05) is 48.0 Å². The molecule has 1 atom stereocenters. The highest BCUT2D eigenvalue weighted by Crippen LogP contribution is 2.20. The second-order valence-corrected chi connectivity index (χ2v) is 9.67. The van der Waals surface area contributed by atoms with Crippen LogP contribution in [0.3, 0.4) is 0 Å². The number of carbonyl (C=O) groups excluding carboxylic acids is 3. The van der Waals surface area contributed by atoms with Gasteiger partial charge in [-0.25, -0.2) is 19.0 Å². The number of nitrogens with zero attached hydrogens (tertiary/aromatic N) is 4. The predicted octanol–water partition coefficient (Wildman–Crippen LogP) is 4.67. The van der Waals surface area contributed by atoms with Crippen LogP contribution in [0.25, 0.3) is 10.8 Å². The van der Waals surface area contributed by atoms with Gasteiger partial charge in [0.15, 0.2) is 0 Å². The van der Waals surface area contributed by atoms with Gasteiger partial charge >= 0.3 is 12.1 Å². The number of anilines is 1. The van der Waals surface area contributed by atoms with E-state index in [0.29, 0.717) is 17.1 Å². The maximum Gasteiger partial charge on any atom is 0.412 e. The largest absolute Gasteiger partial charge is 0.447 e. The van der Waals surface area contributed by atoms with Crippen molar-refractivity contribution in [2.75, 3.05) is 19.0 Å². The van der Waals surface area contributed by atoms with E-state index in [9.17, 15) is 18.8 Å². The van der Waals surface area contributed by atoms with E-state index in [0.717, 1.165) is 10.8 Å². The molecular formula is C29H29ClFN7O4. The SMILES string of the molecule is CN(C(=O)NCc1cccc(F)c1Cl)C(CCC(=O)NCc1cnccn1)COC(=O)Nc1cc2ccccc2cn1. The molecule has 0 aliphatic rings. The Morgan fingerprint density at radius 1 is 1.00 bits per heavy atom. The van der Waals surface area contributed by atoms with Gasteiger partial charge in [0, 0.05) is 44.0 Å². The summed E-state index contributed by atoms with van der Waals surface area (Å²) >= 11 is 6.00. The smallest absolute Gasteiger partial charge is 0.412 e. The first-order valence-corrected chi connectivity index (χ1v) is 13.4. The van der Waals surface area contributed by atoms with E-state index in [4.69, 9.17) is 16.3 Å². The topological polar surface area (TPSA) is 138 Å². The minimum Gasteiger partial charge on any atom is -0.447 e. The summed E-state index contributed by atoms with van der Waals surface area (Å²) in [4.78, 5) is 51.7. The number of halogens is 2. The number of fused-ring (bicyclic) bond motifs is 1. The molecule has 0 radical (unpaired) electrons. The molecule has 0 spiro atoms. The summed E-state index contributed by atoms with van der Waals surface area (Å²) in [6, 6.07) is 12.4. The molecule has 0 saturated carbocycles. The Kier molecular flexibility index (Phi) is 10.5. The van der Waals surface area contributed by atoms with Crippen LogP contribution < -0.4 is 16.0 Å². The van der Waals surface area contributed by atoms with Crippen LogP contribution in [-0.4, -0.2) is 57.6 Å². The van der Waals surface area contributed by atoms with Crippen molar-refractivity contribution in [3.05, 3.63) is 95.4 Å². The molecule has 4 amide bonds. The van der Waals surface area contributed by atoms with Crippen molar-refractivity contribution in [1.82, 2.24) is 30.5 Å². The quantitative estimate of drug-likeness (QED) is 0.230. The minimum absolute atomic E-state index is 0.0277. The van der Waals surface area contributed by atoms with Crippen molar-refractivity contribution < 1.29 is 23.5 Å². The summed E-state index contributed by atoms with van der Waals surface area (Å²) in [6.45, 7) is -0.0404.